The molecule has 0 spiro atoms. The Kier molecular flexibility index (Phi) is 6.70. The summed E-state index contributed by atoms with van der Waals surface area (Å²) >= 11 is 5.90. The van der Waals surface area contributed by atoms with Crippen LogP contribution in [0.4, 0.5) is 0 Å². The number of carbonyl (C=O) groups excluding carboxylic acids is 2. The smallest absolute Gasteiger partial charge is 0.251 e. The normalized spacial score (nSPS) is 20.5. The minimum atomic E-state index is -0.650. The summed E-state index contributed by atoms with van der Waals surface area (Å²) in [6, 6.07) is 15.7. The summed E-state index contributed by atoms with van der Waals surface area (Å²) in [4.78, 5) is 27.8. The monoisotopic (exact) mass is 400 g/mol. The van der Waals surface area contributed by atoms with Gasteiger partial charge in [0.25, 0.3) is 5.91 Å². The summed E-state index contributed by atoms with van der Waals surface area (Å²) < 4.78 is 5.73. The first kappa shape index (κ1) is 20.4. The largest absolute Gasteiger partial charge is 0.372 e. The molecule has 1 N–H and O–H groups in total. The van der Waals surface area contributed by atoms with Gasteiger partial charge in [0.05, 0.1) is 12.2 Å². The first-order valence-electron chi connectivity index (χ1n) is 9.47. The van der Waals surface area contributed by atoms with Crippen LogP contribution >= 0.6 is 11.6 Å². The summed E-state index contributed by atoms with van der Waals surface area (Å²) in [6.07, 6.45) is 0.369. The lowest BCUT2D eigenvalue weighted by Gasteiger charge is -2.37. The van der Waals surface area contributed by atoms with Crippen molar-refractivity contribution in [2.75, 3.05) is 13.1 Å². The molecular weight excluding hydrogens is 376 g/mol. The van der Waals surface area contributed by atoms with Crippen LogP contribution in [0.3, 0.4) is 0 Å². The molecule has 0 aliphatic carbocycles. The van der Waals surface area contributed by atoms with E-state index in [4.69, 9.17) is 16.3 Å². The second-order valence-corrected chi connectivity index (χ2v) is 7.66. The fraction of sp³-hybridized carbons (Fsp3) is 0.364. The molecule has 0 bridgehead atoms. The van der Waals surface area contributed by atoms with E-state index in [0.717, 1.165) is 5.56 Å². The standard InChI is InChI=1S/C22H25ClN2O3/c1-15-13-25(14-16(2)28-15)22(27)20(12-17-6-4-3-5-7-17)24-21(26)18-8-10-19(23)11-9-18/h3-11,15-16,20H,12-14H2,1-2H3,(H,24,26)/t15-,16-,20+/m1/s1. The van der Waals surface area contributed by atoms with E-state index in [9.17, 15) is 9.59 Å². The average molecular weight is 401 g/mol. The van der Waals surface area contributed by atoms with Gasteiger partial charge in [-0.05, 0) is 43.7 Å². The number of nitrogens with zero attached hydrogens (tertiary/aromatic N) is 1. The molecule has 0 radical (unpaired) electrons. The van der Waals surface area contributed by atoms with Crippen LogP contribution in [0.5, 0.6) is 0 Å². The van der Waals surface area contributed by atoms with Crippen molar-refractivity contribution in [2.45, 2.75) is 38.5 Å². The lowest BCUT2D eigenvalue weighted by molar-refractivity contribution is -0.145. The first-order valence-corrected chi connectivity index (χ1v) is 9.85. The number of morpholine rings is 1. The molecular formula is C22H25ClN2O3. The van der Waals surface area contributed by atoms with E-state index in [0.29, 0.717) is 30.1 Å². The van der Waals surface area contributed by atoms with Crippen molar-refractivity contribution in [3.63, 3.8) is 0 Å². The van der Waals surface area contributed by atoms with Crippen molar-refractivity contribution in [1.29, 1.82) is 0 Å². The number of rotatable bonds is 5. The lowest BCUT2D eigenvalue weighted by Crippen LogP contribution is -2.55. The van der Waals surface area contributed by atoms with E-state index < -0.39 is 6.04 Å². The van der Waals surface area contributed by atoms with Crippen LogP contribution in [0.25, 0.3) is 0 Å². The highest BCUT2D eigenvalue weighted by atomic mass is 35.5. The van der Waals surface area contributed by atoms with Gasteiger partial charge in [-0.3, -0.25) is 9.59 Å². The molecule has 1 aliphatic rings. The fourth-order valence-electron chi connectivity index (χ4n) is 3.47. The van der Waals surface area contributed by atoms with Crippen molar-refractivity contribution < 1.29 is 14.3 Å². The molecule has 3 atom stereocenters. The van der Waals surface area contributed by atoms with Gasteiger partial charge in [0.1, 0.15) is 6.04 Å². The van der Waals surface area contributed by atoms with Crippen molar-refractivity contribution >= 4 is 23.4 Å². The number of benzene rings is 2. The maximum atomic E-state index is 13.2. The van der Waals surface area contributed by atoms with Gasteiger partial charge in [-0.1, -0.05) is 41.9 Å². The molecule has 28 heavy (non-hydrogen) atoms. The van der Waals surface area contributed by atoms with Gasteiger partial charge in [-0.15, -0.1) is 0 Å². The molecule has 1 fully saturated rings. The SMILES string of the molecule is C[C@@H]1CN(C(=O)[C@H](Cc2ccccc2)NC(=O)c2ccc(Cl)cc2)C[C@@H](C)O1. The molecule has 0 unspecified atom stereocenters. The Morgan fingerprint density at radius 2 is 1.68 bits per heavy atom. The zero-order valence-corrected chi connectivity index (χ0v) is 16.9. The Balaban J connectivity index is 1.79. The summed E-state index contributed by atoms with van der Waals surface area (Å²) in [5, 5.41) is 3.47. The molecule has 148 valence electrons. The maximum Gasteiger partial charge on any atom is 0.251 e. The summed E-state index contributed by atoms with van der Waals surface area (Å²) in [6.45, 7) is 4.94. The van der Waals surface area contributed by atoms with Crippen molar-refractivity contribution in [3.05, 3.63) is 70.7 Å². The van der Waals surface area contributed by atoms with Gasteiger partial charge in [-0.25, -0.2) is 0 Å². The molecule has 2 aromatic carbocycles. The molecule has 0 saturated carbocycles. The summed E-state index contributed by atoms with van der Waals surface area (Å²) in [5.74, 6) is -0.381. The second kappa shape index (κ2) is 9.22. The third kappa shape index (κ3) is 5.33. The number of carbonyl (C=O) groups is 2. The molecule has 0 aromatic heterocycles. The number of hydrogen-bond donors (Lipinski definition) is 1. The summed E-state index contributed by atoms with van der Waals surface area (Å²) in [7, 11) is 0. The van der Waals surface area contributed by atoms with Crippen LogP contribution in [0.15, 0.2) is 54.6 Å². The van der Waals surface area contributed by atoms with Gasteiger partial charge in [0.2, 0.25) is 5.91 Å². The Morgan fingerprint density at radius 1 is 1.07 bits per heavy atom. The topological polar surface area (TPSA) is 58.6 Å². The van der Waals surface area contributed by atoms with Crippen molar-refractivity contribution in [3.8, 4) is 0 Å². The highest BCUT2D eigenvalue weighted by Gasteiger charge is 2.31. The predicted octanol–water partition coefficient (Wildman–Crippen LogP) is 3.32. The minimum Gasteiger partial charge on any atom is -0.372 e. The second-order valence-electron chi connectivity index (χ2n) is 7.22. The van der Waals surface area contributed by atoms with Gasteiger partial charge in [-0.2, -0.15) is 0 Å². The molecule has 2 amide bonds. The van der Waals surface area contributed by atoms with E-state index in [1.165, 1.54) is 0 Å². The Labute approximate surface area is 170 Å². The van der Waals surface area contributed by atoms with Crippen LogP contribution < -0.4 is 5.32 Å². The van der Waals surface area contributed by atoms with E-state index in [2.05, 4.69) is 5.32 Å². The quantitative estimate of drug-likeness (QED) is 0.837. The number of hydrogen-bond acceptors (Lipinski definition) is 3. The van der Waals surface area contributed by atoms with Crippen LogP contribution in [-0.4, -0.2) is 48.1 Å². The van der Waals surface area contributed by atoms with Crippen LogP contribution in [-0.2, 0) is 16.0 Å². The molecule has 1 aliphatic heterocycles. The third-order valence-electron chi connectivity index (χ3n) is 4.72. The highest BCUT2D eigenvalue weighted by Crippen LogP contribution is 2.15. The van der Waals surface area contributed by atoms with E-state index >= 15 is 0 Å². The molecule has 1 heterocycles. The number of ether oxygens (including phenoxy) is 1. The molecule has 5 nitrogen and oxygen atoms in total. The van der Waals surface area contributed by atoms with Gasteiger partial charge in [0, 0.05) is 30.1 Å². The van der Waals surface area contributed by atoms with Crippen LogP contribution in [0, 0.1) is 0 Å². The van der Waals surface area contributed by atoms with Gasteiger partial charge < -0.3 is 15.0 Å². The summed E-state index contributed by atoms with van der Waals surface area (Å²) in [5.41, 5.74) is 1.46. The van der Waals surface area contributed by atoms with E-state index in [-0.39, 0.29) is 24.0 Å². The molecule has 2 aromatic rings. The average Bonchev–Trinajstić information content (AvgIpc) is 2.67. The number of halogens is 1. The van der Waals surface area contributed by atoms with Gasteiger partial charge in [0.15, 0.2) is 0 Å². The number of amides is 2. The number of nitrogens with one attached hydrogen (secondary N) is 1. The first-order chi connectivity index (χ1) is 13.4. The molecule has 3 rings (SSSR count). The third-order valence-corrected chi connectivity index (χ3v) is 4.98. The zero-order chi connectivity index (χ0) is 20.1. The zero-order valence-electron chi connectivity index (χ0n) is 16.1. The van der Waals surface area contributed by atoms with E-state index in [1.54, 1.807) is 29.2 Å². The fourth-order valence-corrected chi connectivity index (χ4v) is 3.60. The van der Waals surface area contributed by atoms with Crippen molar-refractivity contribution in [2.24, 2.45) is 0 Å². The minimum absolute atomic E-state index is 0.0305. The Bertz CT molecular complexity index is 800. The van der Waals surface area contributed by atoms with Gasteiger partial charge >= 0.3 is 0 Å². The molecule has 6 heteroatoms. The Hall–Kier alpha value is -2.37. The van der Waals surface area contributed by atoms with Crippen LogP contribution in [0.2, 0.25) is 5.02 Å². The Morgan fingerprint density at radius 3 is 2.29 bits per heavy atom. The maximum absolute atomic E-state index is 13.2. The predicted molar refractivity (Wildman–Crippen MR) is 109 cm³/mol. The highest BCUT2D eigenvalue weighted by molar-refractivity contribution is 6.30. The van der Waals surface area contributed by atoms with Crippen LogP contribution in [0.1, 0.15) is 29.8 Å². The molecule has 1 saturated heterocycles. The lowest BCUT2D eigenvalue weighted by atomic mass is 10.0. The van der Waals surface area contributed by atoms with Crippen molar-refractivity contribution in [1.82, 2.24) is 10.2 Å². The van der Waals surface area contributed by atoms with E-state index in [1.807, 2.05) is 44.2 Å².